The van der Waals surface area contributed by atoms with Crippen LogP contribution in [0.2, 0.25) is 0 Å². The molecule has 0 saturated carbocycles. The van der Waals surface area contributed by atoms with Crippen molar-refractivity contribution in [3.8, 4) is 0 Å². The first kappa shape index (κ1) is 19.3. The van der Waals surface area contributed by atoms with Crippen LogP contribution >= 0.6 is 0 Å². The summed E-state index contributed by atoms with van der Waals surface area (Å²) in [5.74, 6) is 0. The summed E-state index contributed by atoms with van der Waals surface area (Å²) >= 11 is 0. The molecule has 1 heterocycles. The van der Waals surface area contributed by atoms with Gasteiger partial charge in [-0.15, -0.1) is 0 Å². The fourth-order valence-electron chi connectivity index (χ4n) is 3.07. The first-order valence-corrected chi connectivity index (χ1v) is 9.66. The quantitative estimate of drug-likeness (QED) is 0.259. The summed E-state index contributed by atoms with van der Waals surface area (Å²) in [5, 5.41) is 0. The molecule has 1 rings (SSSR count). The molecule has 0 aliphatic carbocycles. The maximum atomic E-state index is 10.8. The molecule has 0 spiro atoms. The van der Waals surface area contributed by atoms with Crippen LogP contribution < -0.4 is 0 Å². The predicted octanol–water partition coefficient (Wildman–Crippen LogP) is 6.39. The molecule has 1 aliphatic heterocycles. The molecule has 0 N–H and O–H groups in total. The summed E-state index contributed by atoms with van der Waals surface area (Å²) < 4.78 is 9.79. The Morgan fingerprint density at radius 2 is 1.23 bits per heavy atom. The van der Waals surface area contributed by atoms with Crippen LogP contribution in [0.5, 0.6) is 0 Å². The molecule has 1 unspecified atom stereocenters. The molecule has 1 fully saturated rings. The summed E-state index contributed by atoms with van der Waals surface area (Å²) in [6, 6.07) is 0. The molecule has 3 heteroatoms. The summed E-state index contributed by atoms with van der Waals surface area (Å²) in [6.07, 6.45) is 19.7. The first-order valence-electron chi connectivity index (χ1n) is 9.66. The first-order chi connectivity index (χ1) is 10.8. The molecule has 1 saturated heterocycles. The normalized spacial score (nSPS) is 17.5. The van der Waals surface area contributed by atoms with Gasteiger partial charge in [0.2, 0.25) is 0 Å². The number of ether oxygens (including phenoxy) is 2. The number of cyclic esters (lactones) is 2. The number of carbonyl (C=O) groups is 1. The van der Waals surface area contributed by atoms with Crippen molar-refractivity contribution >= 4 is 6.16 Å². The largest absolute Gasteiger partial charge is 0.508 e. The van der Waals surface area contributed by atoms with Crippen LogP contribution in [0.15, 0.2) is 0 Å². The van der Waals surface area contributed by atoms with Crippen molar-refractivity contribution < 1.29 is 14.3 Å². The lowest BCUT2D eigenvalue weighted by Gasteiger charge is -2.06. The van der Waals surface area contributed by atoms with Crippen molar-refractivity contribution in [1.29, 1.82) is 0 Å². The van der Waals surface area contributed by atoms with E-state index in [0.29, 0.717) is 6.61 Å². The predicted molar refractivity (Wildman–Crippen MR) is 91.2 cm³/mol. The molecule has 0 radical (unpaired) electrons. The second kappa shape index (κ2) is 13.9. The Morgan fingerprint density at radius 1 is 0.773 bits per heavy atom. The second-order valence-electron chi connectivity index (χ2n) is 6.69. The van der Waals surface area contributed by atoms with Crippen LogP contribution in [-0.2, 0) is 9.47 Å². The lowest BCUT2D eigenvalue weighted by Crippen LogP contribution is -2.09. The Morgan fingerprint density at radius 3 is 1.64 bits per heavy atom. The lowest BCUT2D eigenvalue weighted by atomic mass is 10.0. The number of unbranched alkanes of at least 4 members (excludes halogenated alkanes) is 13. The van der Waals surface area contributed by atoms with Crippen molar-refractivity contribution in [2.45, 2.75) is 109 Å². The van der Waals surface area contributed by atoms with Gasteiger partial charge in [-0.25, -0.2) is 4.79 Å². The van der Waals surface area contributed by atoms with Crippen molar-refractivity contribution in [2.24, 2.45) is 0 Å². The minimum Gasteiger partial charge on any atom is -0.430 e. The van der Waals surface area contributed by atoms with Gasteiger partial charge in [0, 0.05) is 0 Å². The zero-order valence-corrected chi connectivity index (χ0v) is 14.6. The van der Waals surface area contributed by atoms with Gasteiger partial charge in [-0.1, -0.05) is 90.4 Å². The minimum atomic E-state index is -0.490. The third-order valence-corrected chi connectivity index (χ3v) is 4.53. The van der Waals surface area contributed by atoms with Gasteiger partial charge >= 0.3 is 6.16 Å². The third kappa shape index (κ3) is 10.9. The molecular weight excluding hydrogens is 276 g/mol. The standard InChI is InChI=1S/C19H36O3/c1-2-3-4-5-6-7-8-9-10-11-12-13-14-15-16-18-17-21-19(20)22-18/h18H,2-17H2,1H3. The molecule has 0 aromatic heterocycles. The Balaban J connectivity index is 1.69. The summed E-state index contributed by atoms with van der Waals surface area (Å²) in [5.41, 5.74) is 0. The fraction of sp³-hybridized carbons (Fsp3) is 0.947. The van der Waals surface area contributed by atoms with E-state index in [1.54, 1.807) is 0 Å². The Bertz CT molecular complexity index is 265. The maximum Gasteiger partial charge on any atom is 0.508 e. The van der Waals surface area contributed by atoms with Crippen LogP contribution in [-0.4, -0.2) is 18.9 Å². The average molecular weight is 312 g/mol. The lowest BCUT2D eigenvalue weighted by molar-refractivity contribution is 0.115. The zero-order valence-electron chi connectivity index (χ0n) is 14.6. The average Bonchev–Trinajstić information content (AvgIpc) is 2.93. The van der Waals surface area contributed by atoms with E-state index in [0.717, 1.165) is 12.8 Å². The number of rotatable bonds is 15. The van der Waals surface area contributed by atoms with Gasteiger partial charge in [-0.2, -0.15) is 0 Å². The Kier molecular flexibility index (Phi) is 12.2. The maximum absolute atomic E-state index is 10.8. The van der Waals surface area contributed by atoms with E-state index in [4.69, 9.17) is 9.47 Å². The monoisotopic (exact) mass is 312 g/mol. The zero-order chi connectivity index (χ0) is 15.9. The number of hydrogen-bond acceptors (Lipinski definition) is 3. The van der Waals surface area contributed by atoms with Crippen LogP contribution in [0.3, 0.4) is 0 Å². The number of hydrogen-bond donors (Lipinski definition) is 0. The van der Waals surface area contributed by atoms with E-state index in [2.05, 4.69) is 6.92 Å². The van der Waals surface area contributed by atoms with E-state index in [-0.39, 0.29) is 6.10 Å². The van der Waals surface area contributed by atoms with Gasteiger partial charge in [0.05, 0.1) is 0 Å². The molecular formula is C19H36O3. The van der Waals surface area contributed by atoms with Crippen molar-refractivity contribution in [2.75, 3.05) is 6.61 Å². The molecule has 22 heavy (non-hydrogen) atoms. The Labute approximate surface area is 137 Å². The van der Waals surface area contributed by atoms with Gasteiger partial charge < -0.3 is 9.47 Å². The Hall–Kier alpha value is -0.730. The third-order valence-electron chi connectivity index (χ3n) is 4.53. The van der Waals surface area contributed by atoms with Crippen LogP contribution in [0.4, 0.5) is 4.79 Å². The van der Waals surface area contributed by atoms with Gasteiger partial charge in [-0.05, 0) is 12.8 Å². The minimum absolute atomic E-state index is 0.0184. The molecule has 3 nitrogen and oxygen atoms in total. The van der Waals surface area contributed by atoms with Gasteiger partial charge in [0.15, 0.2) is 0 Å². The summed E-state index contributed by atoms with van der Waals surface area (Å²) in [6.45, 7) is 2.73. The molecule has 1 aliphatic rings. The number of carbonyl (C=O) groups excluding carboxylic acids is 1. The van der Waals surface area contributed by atoms with Crippen molar-refractivity contribution in [1.82, 2.24) is 0 Å². The molecule has 130 valence electrons. The highest BCUT2D eigenvalue weighted by atomic mass is 16.8. The molecule has 0 bridgehead atoms. The molecule has 0 aromatic carbocycles. The van der Waals surface area contributed by atoms with Gasteiger partial charge in [-0.3, -0.25) is 0 Å². The van der Waals surface area contributed by atoms with E-state index in [1.165, 1.54) is 83.5 Å². The summed E-state index contributed by atoms with van der Waals surface area (Å²) in [4.78, 5) is 10.8. The molecule has 1 atom stereocenters. The smallest absolute Gasteiger partial charge is 0.430 e. The SMILES string of the molecule is CCCCCCCCCCCCCCCCC1COC(=O)O1. The van der Waals surface area contributed by atoms with E-state index >= 15 is 0 Å². The highest BCUT2D eigenvalue weighted by molar-refractivity contribution is 5.61. The molecule has 0 aromatic rings. The van der Waals surface area contributed by atoms with Gasteiger partial charge in [0.25, 0.3) is 0 Å². The fourth-order valence-corrected chi connectivity index (χ4v) is 3.07. The summed E-state index contributed by atoms with van der Waals surface area (Å²) in [7, 11) is 0. The van der Waals surface area contributed by atoms with Crippen molar-refractivity contribution in [3.05, 3.63) is 0 Å². The van der Waals surface area contributed by atoms with Crippen LogP contribution in [0, 0.1) is 0 Å². The second-order valence-corrected chi connectivity index (χ2v) is 6.69. The van der Waals surface area contributed by atoms with Crippen LogP contribution in [0.1, 0.15) is 103 Å². The highest BCUT2D eigenvalue weighted by Crippen LogP contribution is 2.16. The highest BCUT2D eigenvalue weighted by Gasteiger charge is 2.23. The van der Waals surface area contributed by atoms with Crippen molar-refractivity contribution in [3.63, 3.8) is 0 Å². The van der Waals surface area contributed by atoms with Gasteiger partial charge in [0.1, 0.15) is 12.7 Å². The molecule has 0 amide bonds. The van der Waals surface area contributed by atoms with E-state index < -0.39 is 6.16 Å². The van der Waals surface area contributed by atoms with E-state index in [1.807, 2.05) is 0 Å². The van der Waals surface area contributed by atoms with Crippen LogP contribution in [0.25, 0.3) is 0 Å². The topological polar surface area (TPSA) is 35.5 Å². The van der Waals surface area contributed by atoms with E-state index in [9.17, 15) is 4.79 Å².